The summed E-state index contributed by atoms with van der Waals surface area (Å²) in [5.41, 5.74) is 0.315. The van der Waals surface area contributed by atoms with Crippen molar-refractivity contribution in [3.63, 3.8) is 0 Å². The molecule has 0 spiro atoms. The van der Waals surface area contributed by atoms with E-state index in [4.69, 9.17) is 0 Å². The standard InChI is InChI=1S/C8H13N3O2/c1-5(2)10-7(12)3-6-4-9-8(13)11-6/h4-5H,3H2,1-2H3,(H,10,12)(H2,9,11,13). The molecule has 1 amide bonds. The molecule has 0 aromatic carbocycles. The maximum atomic E-state index is 11.2. The second-order valence-corrected chi connectivity index (χ2v) is 3.17. The molecule has 1 rings (SSSR count). The molecule has 0 atom stereocenters. The fourth-order valence-corrected chi connectivity index (χ4v) is 1.01. The minimum absolute atomic E-state index is 0.0924. The summed E-state index contributed by atoms with van der Waals surface area (Å²) < 4.78 is 0. The lowest BCUT2D eigenvalue weighted by molar-refractivity contribution is -0.120. The Morgan fingerprint density at radius 3 is 2.77 bits per heavy atom. The topological polar surface area (TPSA) is 77.8 Å². The van der Waals surface area contributed by atoms with Crippen molar-refractivity contribution in [2.45, 2.75) is 26.3 Å². The molecule has 0 saturated carbocycles. The molecule has 1 aromatic rings. The summed E-state index contributed by atoms with van der Waals surface area (Å²) in [6, 6.07) is 0.123. The predicted molar refractivity (Wildman–Crippen MR) is 48.4 cm³/mol. The summed E-state index contributed by atoms with van der Waals surface area (Å²) in [7, 11) is 0. The van der Waals surface area contributed by atoms with Crippen molar-refractivity contribution in [3.8, 4) is 0 Å². The van der Waals surface area contributed by atoms with Gasteiger partial charge in [0.2, 0.25) is 5.91 Å². The number of amides is 1. The van der Waals surface area contributed by atoms with Crippen LogP contribution in [0.3, 0.4) is 0 Å². The molecule has 0 unspecified atom stereocenters. The van der Waals surface area contributed by atoms with Crippen LogP contribution in [-0.2, 0) is 11.2 Å². The Labute approximate surface area is 75.6 Å². The van der Waals surface area contributed by atoms with Crippen molar-refractivity contribution < 1.29 is 4.79 Å². The largest absolute Gasteiger partial charge is 0.354 e. The Bertz CT molecular complexity index is 337. The molecule has 0 bridgehead atoms. The molecule has 13 heavy (non-hydrogen) atoms. The van der Waals surface area contributed by atoms with Gasteiger partial charge in [-0.3, -0.25) is 4.79 Å². The highest BCUT2D eigenvalue weighted by molar-refractivity contribution is 5.78. The van der Waals surface area contributed by atoms with E-state index in [1.807, 2.05) is 13.8 Å². The van der Waals surface area contributed by atoms with Gasteiger partial charge in [0, 0.05) is 17.9 Å². The molecule has 72 valence electrons. The summed E-state index contributed by atoms with van der Waals surface area (Å²) in [6.07, 6.45) is 1.71. The van der Waals surface area contributed by atoms with E-state index in [2.05, 4.69) is 15.3 Å². The smallest absolute Gasteiger partial charge is 0.323 e. The molecular formula is C8H13N3O2. The highest BCUT2D eigenvalue weighted by Gasteiger charge is 2.05. The van der Waals surface area contributed by atoms with E-state index in [9.17, 15) is 9.59 Å². The molecule has 0 aliphatic rings. The van der Waals surface area contributed by atoms with E-state index in [-0.39, 0.29) is 24.1 Å². The summed E-state index contributed by atoms with van der Waals surface area (Å²) in [4.78, 5) is 26.8. The molecule has 1 heterocycles. The van der Waals surface area contributed by atoms with Gasteiger partial charge < -0.3 is 15.3 Å². The molecule has 0 saturated heterocycles. The third-order valence-corrected chi connectivity index (χ3v) is 1.45. The minimum Gasteiger partial charge on any atom is -0.354 e. The van der Waals surface area contributed by atoms with Crippen LogP contribution in [0.2, 0.25) is 0 Å². The van der Waals surface area contributed by atoms with Gasteiger partial charge in [-0.05, 0) is 13.8 Å². The van der Waals surface area contributed by atoms with E-state index in [1.54, 1.807) is 0 Å². The maximum absolute atomic E-state index is 11.2. The molecule has 1 aromatic heterocycles. The van der Waals surface area contributed by atoms with E-state index in [0.29, 0.717) is 5.69 Å². The zero-order chi connectivity index (χ0) is 9.84. The first-order valence-corrected chi connectivity index (χ1v) is 4.14. The first-order chi connectivity index (χ1) is 6.08. The Morgan fingerprint density at radius 1 is 1.62 bits per heavy atom. The van der Waals surface area contributed by atoms with Crippen LogP contribution in [-0.4, -0.2) is 21.9 Å². The van der Waals surface area contributed by atoms with Gasteiger partial charge in [-0.15, -0.1) is 0 Å². The average molecular weight is 183 g/mol. The van der Waals surface area contributed by atoms with Gasteiger partial charge in [-0.25, -0.2) is 4.79 Å². The number of H-pyrrole nitrogens is 2. The van der Waals surface area contributed by atoms with Crippen LogP contribution >= 0.6 is 0 Å². The summed E-state index contributed by atoms with van der Waals surface area (Å²) in [5.74, 6) is -0.0924. The quantitative estimate of drug-likeness (QED) is 0.605. The van der Waals surface area contributed by atoms with Gasteiger partial charge in [0.1, 0.15) is 0 Å². The van der Waals surface area contributed by atoms with Gasteiger partial charge in [-0.1, -0.05) is 0 Å². The van der Waals surface area contributed by atoms with Crippen molar-refractivity contribution >= 4 is 5.91 Å². The number of rotatable bonds is 3. The monoisotopic (exact) mass is 183 g/mol. The number of hydrogen-bond acceptors (Lipinski definition) is 2. The minimum atomic E-state index is -0.285. The summed E-state index contributed by atoms with van der Waals surface area (Å²) >= 11 is 0. The van der Waals surface area contributed by atoms with E-state index >= 15 is 0 Å². The van der Waals surface area contributed by atoms with Crippen LogP contribution in [0.25, 0.3) is 0 Å². The first kappa shape index (κ1) is 9.57. The summed E-state index contributed by atoms with van der Waals surface area (Å²) in [5, 5.41) is 2.73. The van der Waals surface area contributed by atoms with Gasteiger partial charge in [0.25, 0.3) is 0 Å². The van der Waals surface area contributed by atoms with Crippen molar-refractivity contribution in [2.75, 3.05) is 0 Å². The Hall–Kier alpha value is -1.52. The average Bonchev–Trinajstić information content (AvgIpc) is 2.33. The van der Waals surface area contributed by atoms with Gasteiger partial charge in [-0.2, -0.15) is 0 Å². The molecule has 5 nitrogen and oxygen atoms in total. The fraction of sp³-hybridized carbons (Fsp3) is 0.500. The van der Waals surface area contributed by atoms with Crippen LogP contribution in [0.1, 0.15) is 19.5 Å². The van der Waals surface area contributed by atoms with Gasteiger partial charge >= 0.3 is 5.69 Å². The zero-order valence-electron chi connectivity index (χ0n) is 7.68. The fourth-order valence-electron chi connectivity index (χ4n) is 1.01. The molecular weight excluding hydrogens is 170 g/mol. The number of carbonyl (C=O) groups excluding carboxylic acids is 1. The lowest BCUT2D eigenvalue weighted by Gasteiger charge is -2.06. The Morgan fingerprint density at radius 2 is 2.31 bits per heavy atom. The van der Waals surface area contributed by atoms with Gasteiger partial charge in [0.05, 0.1) is 6.42 Å². The first-order valence-electron chi connectivity index (χ1n) is 4.14. The summed E-state index contributed by atoms with van der Waals surface area (Å²) in [6.45, 7) is 3.77. The van der Waals surface area contributed by atoms with Crippen LogP contribution in [0, 0.1) is 0 Å². The number of hydrogen-bond donors (Lipinski definition) is 3. The molecule has 0 aliphatic heterocycles. The molecule has 5 heteroatoms. The van der Waals surface area contributed by atoms with E-state index in [0.717, 1.165) is 0 Å². The highest BCUT2D eigenvalue weighted by atomic mass is 16.2. The number of aromatic nitrogens is 2. The van der Waals surface area contributed by atoms with Crippen LogP contribution in [0.15, 0.2) is 11.0 Å². The molecule has 3 N–H and O–H groups in total. The van der Waals surface area contributed by atoms with Crippen molar-refractivity contribution in [3.05, 3.63) is 22.4 Å². The third-order valence-electron chi connectivity index (χ3n) is 1.45. The lowest BCUT2D eigenvalue weighted by atomic mass is 10.3. The number of imidazole rings is 1. The normalized spacial score (nSPS) is 10.4. The maximum Gasteiger partial charge on any atom is 0.323 e. The SMILES string of the molecule is CC(C)NC(=O)Cc1c[nH]c(=O)[nH]1. The van der Waals surface area contributed by atoms with Crippen molar-refractivity contribution in [1.82, 2.24) is 15.3 Å². The second kappa shape index (κ2) is 3.93. The van der Waals surface area contributed by atoms with E-state index < -0.39 is 0 Å². The number of nitrogens with one attached hydrogen (secondary N) is 3. The molecule has 0 aliphatic carbocycles. The van der Waals surface area contributed by atoms with Crippen LogP contribution in [0.5, 0.6) is 0 Å². The zero-order valence-corrected chi connectivity index (χ0v) is 7.68. The third kappa shape index (κ3) is 3.14. The van der Waals surface area contributed by atoms with Crippen molar-refractivity contribution in [2.24, 2.45) is 0 Å². The van der Waals surface area contributed by atoms with E-state index in [1.165, 1.54) is 6.20 Å². The number of aromatic amines is 2. The van der Waals surface area contributed by atoms with Gasteiger partial charge in [0.15, 0.2) is 0 Å². The van der Waals surface area contributed by atoms with Crippen LogP contribution in [0.4, 0.5) is 0 Å². The molecule has 0 fully saturated rings. The predicted octanol–water partition coefficient (Wildman–Crippen LogP) is -0.230. The Kier molecular flexibility index (Phi) is 2.89. The van der Waals surface area contributed by atoms with Crippen molar-refractivity contribution in [1.29, 1.82) is 0 Å². The highest BCUT2D eigenvalue weighted by Crippen LogP contribution is 1.90. The molecule has 0 radical (unpaired) electrons. The number of carbonyl (C=O) groups is 1. The lowest BCUT2D eigenvalue weighted by Crippen LogP contribution is -2.31. The Balaban J connectivity index is 2.50. The van der Waals surface area contributed by atoms with Crippen LogP contribution < -0.4 is 11.0 Å². The second-order valence-electron chi connectivity index (χ2n) is 3.17.